The molecule has 2 aromatic rings. The van der Waals surface area contributed by atoms with Crippen molar-refractivity contribution in [3.05, 3.63) is 63.7 Å². The van der Waals surface area contributed by atoms with E-state index in [1.807, 2.05) is 6.92 Å². The number of nitrogens with one attached hydrogen (secondary N) is 3. The number of nitrogens with zero attached hydrogens (tertiary/aromatic N) is 1. The number of amides is 1. The molecule has 1 atom stereocenters. The lowest BCUT2D eigenvalue weighted by atomic mass is 10.1. The van der Waals surface area contributed by atoms with E-state index >= 15 is 0 Å². The van der Waals surface area contributed by atoms with Gasteiger partial charge in [0, 0.05) is 18.1 Å². The largest absolute Gasteiger partial charge is 0.493 e. The molecule has 0 spiro atoms. The minimum absolute atomic E-state index is 0.0814. The Balaban J connectivity index is 1.30. The van der Waals surface area contributed by atoms with Gasteiger partial charge in [-0.2, -0.15) is 0 Å². The van der Waals surface area contributed by atoms with Crippen LogP contribution in [-0.4, -0.2) is 49.7 Å². The number of para-hydroxylation sites is 2. The topological polar surface area (TPSA) is 90.3 Å². The highest BCUT2D eigenvalue weighted by Gasteiger charge is 2.32. The molecule has 0 aromatic heterocycles. The molecule has 3 N–H and O–H groups in total. The van der Waals surface area contributed by atoms with E-state index in [1.54, 1.807) is 18.2 Å². The zero-order chi connectivity index (χ0) is 21.1. The summed E-state index contributed by atoms with van der Waals surface area (Å²) in [5.74, 6) is 0.836. The van der Waals surface area contributed by atoms with Gasteiger partial charge in [0.15, 0.2) is 6.04 Å². The Kier molecular flexibility index (Phi) is 5.96. The van der Waals surface area contributed by atoms with Crippen molar-refractivity contribution in [1.29, 1.82) is 0 Å². The molecule has 8 nitrogen and oxygen atoms in total. The highest BCUT2D eigenvalue weighted by atomic mass is 16.6. The fraction of sp³-hybridized carbons (Fsp3) is 0.409. The highest BCUT2D eigenvalue weighted by molar-refractivity contribution is 5.95. The van der Waals surface area contributed by atoms with Crippen LogP contribution in [0, 0.1) is 10.1 Å². The van der Waals surface area contributed by atoms with Crippen LogP contribution in [0.3, 0.4) is 0 Å². The number of nitro groups is 1. The minimum Gasteiger partial charge on any atom is -0.493 e. The second-order valence-corrected chi connectivity index (χ2v) is 8.11. The number of benzene rings is 2. The van der Waals surface area contributed by atoms with Crippen LogP contribution in [0.2, 0.25) is 0 Å². The first-order valence-corrected chi connectivity index (χ1v) is 10.5. The number of ether oxygens (including phenoxy) is 1. The number of piperazine rings is 1. The summed E-state index contributed by atoms with van der Waals surface area (Å²) in [6, 6.07) is 12.5. The van der Waals surface area contributed by atoms with Gasteiger partial charge in [-0.15, -0.1) is 0 Å². The third kappa shape index (κ3) is 4.44. The molecule has 0 unspecified atom stereocenters. The molecule has 0 bridgehead atoms. The number of rotatable bonds is 6. The lowest BCUT2D eigenvalue weighted by Gasteiger charge is -2.32. The van der Waals surface area contributed by atoms with E-state index in [0.717, 1.165) is 51.5 Å². The van der Waals surface area contributed by atoms with Crippen LogP contribution in [0.15, 0.2) is 42.5 Å². The van der Waals surface area contributed by atoms with Crippen molar-refractivity contribution in [1.82, 2.24) is 0 Å². The summed E-state index contributed by atoms with van der Waals surface area (Å²) in [5.41, 5.74) is 2.81. The zero-order valence-electron chi connectivity index (χ0n) is 17.1. The van der Waals surface area contributed by atoms with Crippen molar-refractivity contribution in [2.24, 2.45) is 0 Å². The number of fused-ring (bicyclic) bond motifs is 1. The molecule has 2 aliphatic heterocycles. The Hall–Kier alpha value is -2.97. The third-order valence-corrected chi connectivity index (χ3v) is 6.17. The summed E-state index contributed by atoms with van der Waals surface area (Å²) >= 11 is 0. The highest BCUT2D eigenvalue weighted by Crippen LogP contribution is 2.25. The molecule has 30 heavy (non-hydrogen) atoms. The Labute approximate surface area is 175 Å². The van der Waals surface area contributed by atoms with Crippen LogP contribution < -0.4 is 19.9 Å². The van der Waals surface area contributed by atoms with Crippen molar-refractivity contribution >= 4 is 17.3 Å². The molecule has 2 heterocycles. The van der Waals surface area contributed by atoms with E-state index in [0.29, 0.717) is 0 Å². The number of hydrogen-bond acceptors (Lipinski definition) is 4. The molecule has 2 aromatic carbocycles. The van der Waals surface area contributed by atoms with Crippen LogP contribution in [0.1, 0.15) is 18.1 Å². The standard InChI is InChI=1S/C22H26N4O4/c1-16(22(27)23-19-4-2-3-5-20(19)26(28)29)25-11-9-24(10-12-25)15-17-6-7-21-18(14-17)8-13-30-21/h2-7,14,16H,8-13,15H2,1H3,(H,23,27)/p+2/t16-/m1/s1. The van der Waals surface area contributed by atoms with Gasteiger partial charge in [0.25, 0.3) is 11.6 Å². The lowest BCUT2D eigenvalue weighted by Crippen LogP contribution is -3.29. The summed E-state index contributed by atoms with van der Waals surface area (Å²) in [7, 11) is 0. The quantitative estimate of drug-likeness (QED) is 0.454. The fourth-order valence-corrected chi connectivity index (χ4v) is 4.34. The molecule has 2 aliphatic rings. The van der Waals surface area contributed by atoms with E-state index in [4.69, 9.17) is 4.74 Å². The maximum atomic E-state index is 12.7. The summed E-state index contributed by atoms with van der Waals surface area (Å²) in [5, 5.41) is 13.9. The monoisotopic (exact) mass is 412 g/mol. The molecule has 1 amide bonds. The second-order valence-electron chi connectivity index (χ2n) is 8.11. The second kappa shape index (κ2) is 8.81. The predicted molar refractivity (Wildman–Crippen MR) is 112 cm³/mol. The molecule has 4 rings (SSSR count). The molecule has 0 saturated carbocycles. The normalized spacial score (nSPS) is 21.4. The van der Waals surface area contributed by atoms with Crippen molar-refractivity contribution in [3.8, 4) is 5.75 Å². The number of carbonyl (C=O) groups excluding carboxylic acids is 1. The van der Waals surface area contributed by atoms with E-state index < -0.39 is 4.92 Å². The van der Waals surface area contributed by atoms with Gasteiger partial charge in [-0.3, -0.25) is 14.9 Å². The maximum Gasteiger partial charge on any atom is 0.292 e. The van der Waals surface area contributed by atoms with Gasteiger partial charge < -0.3 is 19.9 Å². The molecule has 0 radical (unpaired) electrons. The van der Waals surface area contributed by atoms with Crippen LogP contribution in [0.25, 0.3) is 0 Å². The summed E-state index contributed by atoms with van der Waals surface area (Å²) < 4.78 is 5.58. The summed E-state index contributed by atoms with van der Waals surface area (Å²) in [6.45, 7) is 7.43. The molecule has 0 aliphatic carbocycles. The average Bonchev–Trinajstić information content (AvgIpc) is 3.22. The van der Waals surface area contributed by atoms with E-state index in [2.05, 4.69) is 23.5 Å². The van der Waals surface area contributed by atoms with Crippen molar-refractivity contribution in [3.63, 3.8) is 0 Å². The molecule has 1 saturated heterocycles. The van der Waals surface area contributed by atoms with Gasteiger partial charge in [-0.05, 0) is 36.8 Å². The third-order valence-electron chi connectivity index (χ3n) is 6.17. The van der Waals surface area contributed by atoms with Gasteiger partial charge >= 0.3 is 0 Å². The number of anilines is 1. The van der Waals surface area contributed by atoms with Crippen LogP contribution in [0.4, 0.5) is 11.4 Å². The number of carbonyl (C=O) groups is 1. The van der Waals surface area contributed by atoms with Crippen LogP contribution >= 0.6 is 0 Å². The lowest BCUT2D eigenvalue weighted by molar-refractivity contribution is -1.02. The Morgan fingerprint density at radius 2 is 1.97 bits per heavy atom. The molecule has 1 fully saturated rings. The van der Waals surface area contributed by atoms with E-state index in [-0.39, 0.29) is 23.3 Å². The maximum absolute atomic E-state index is 12.7. The first-order valence-electron chi connectivity index (χ1n) is 10.5. The van der Waals surface area contributed by atoms with Crippen molar-refractivity contribution < 1.29 is 24.3 Å². The van der Waals surface area contributed by atoms with E-state index in [9.17, 15) is 14.9 Å². The molecule has 158 valence electrons. The fourth-order valence-electron chi connectivity index (χ4n) is 4.34. The Bertz CT molecular complexity index is 940. The average molecular weight is 412 g/mol. The first kappa shape index (κ1) is 20.3. The van der Waals surface area contributed by atoms with Crippen LogP contribution in [0.5, 0.6) is 5.75 Å². The summed E-state index contributed by atoms with van der Waals surface area (Å²) in [6.07, 6.45) is 0.989. The van der Waals surface area contributed by atoms with Crippen LogP contribution in [-0.2, 0) is 17.8 Å². The molecule has 8 heteroatoms. The van der Waals surface area contributed by atoms with Crippen molar-refractivity contribution in [2.45, 2.75) is 25.9 Å². The van der Waals surface area contributed by atoms with Gasteiger partial charge in [-0.25, -0.2) is 0 Å². The molecular formula is C22H28N4O4+2. The van der Waals surface area contributed by atoms with Gasteiger partial charge in [-0.1, -0.05) is 12.1 Å². The smallest absolute Gasteiger partial charge is 0.292 e. The molecular weight excluding hydrogens is 384 g/mol. The SMILES string of the molecule is C[C@H](C(=O)Nc1ccccc1[N+](=O)[O-])[NH+]1CC[NH+](Cc2ccc3c(c2)CCO3)CC1. The zero-order valence-corrected chi connectivity index (χ0v) is 17.1. The minimum atomic E-state index is -0.472. The number of hydrogen-bond donors (Lipinski definition) is 3. The summed E-state index contributed by atoms with van der Waals surface area (Å²) in [4.78, 5) is 26.1. The number of quaternary nitrogens is 2. The Morgan fingerprint density at radius 3 is 2.73 bits per heavy atom. The van der Waals surface area contributed by atoms with Gasteiger partial charge in [0.05, 0.1) is 11.5 Å². The Morgan fingerprint density at radius 1 is 1.20 bits per heavy atom. The van der Waals surface area contributed by atoms with E-state index in [1.165, 1.54) is 27.0 Å². The predicted octanol–water partition coefficient (Wildman–Crippen LogP) is -0.160. The van der Waals surface area contributed by atoms with Gasteiger partial charge in [0.1, 0.15) is 44.2 Å². The number of nitro benzene ring substituents is 1. The van der Waals surface area contributed by atoms with Gasteiger partial charge in [0.2, 0.25) is 0 Å². The van der Waals surface area contributed by atoms with Crippen molar-refractivity contribution in [2.75, 3.05) is 38.1 Å². The first-order chi connectivity index (χ1) is 14.5.